The molecule has 2 N–H and O–H groups in total. The van der Waals surface area contributed by atoms with E-state index in [-0.39, 0.29) is 21.2 Å². The van der Waals surface area contributed by atoms with Gasteiger partial charge in [-0.05, 0) is 52.3 Å². The molecule has 0 spiro atoms. The molecule has 3 rings (SSSR count). The van der Waals surface area contributed by atoms with Crippen LogP contribution in [0.25, 0.3) is 0 Å². The lowest BCUT2D eigenvalue weighted by Gasteiger charge is -2.34. The van der Waals surface area contributed by atoms with Crippen LogP contribution in [0, 0.1) is 0 Å². The third kappa shape index (κ3) is 3.07. The minimum atomic E-state index is -3.48. The van der Waals surface area contributed by atoms with Crippen LogP contribution in [0.5, 0.6) is 0 Å². The van der Waals surface area contributed by atoms with E-state index in [1.54, 1.807) is 0 Å². The van der Waals surface area contributed by atoms with E-state index in [9.17, 15) is 0 Å². The summed E-state index contributed by atoms with van der Waals surface area (Å²) in [6.07, 6.45) is 0. The van der Waals surface area contributed by atoms with Gasteiger partial charge in [0.05, 0.1) is 28.1 Å². The molecule has 2 heterocycles. The quantitative estimate of drug-likeness (QED) is 0.655. The second-order valence-corrected chi connectivity index (χ2v) is 6.52. The van der Waals surface area contributed by atoms with Gasteiger partial charge in [-0.3, -0.25) is 0 Å². The Morgan fingerprint density at radius 2 is 1.74 bits per heavy atom. The molecular weight excluding hydrogens is 289 g/mol. The average molecular weight is 328 g/mol. The van der Waals surface area contributed by atoms with Crippen LogP contribution in [-0.4, -0.2) is 56.2 Å². The standard InChI is InChI=1S/C17H28BN3O2/c1-16(2)17(3,4)23-18(22-16)13-6-7-15(14(19)12-13)21-10-8-20(5)9-11-21/h6-7,12H,8-11,19H2,1-5H3/i5D3,8D2,9D2,10D2,11D2. The maximum Gasteiger partial charge on any atom is 0.494 e. The van der Waals surface area contributed by atoms with Gasteiger partial charge in [0.1, 0.15) is 0 Å². The molecule has 2 aliphatic heterocycles. The lowest BCUT2D eigenvalue weighted by Crippen LogP contribution is -2.45. The van der Waals surface area contributed by atoms with Gasteiger partial charge in [0.15, 0.2) is 0 Å². The fourth-order valence-corrected chi connectivity index (χ4v) is 2.28. The van der Waals surface area contributed by atoms with E-state index < -0.39 is 51.3 Å². The highest BCUT2D eigenvalue weighted by Gasteiger charge is 2.51. The Bertz CT molecular complexity index is 940. The highest BCUT2D eigenvalue weighted by Crippen LogP contribution is 2.36. The summed E-state index contributed by atoms with van der Waals surface area (Å²) < 4.78 is 101. The molecular formula is C17H28BN3O2. The number of piperazine rings is 1. The van der Waals surface area contributed by atoms with Crippen molar-refractivity contribution in [2.45, 2.75) is 38.9 Å². The van der Waals surface area contributed by atoms with E-state index in [1.807, 2.05) is 27.7 Å². The third-order valence-electron chi connectivity index (χ3n) is 4.37. The van der Waals surface area contributed by atoms with Gasteiger partial charge in [0, 0.05) is 35.6 Å². The van der Waals surface area contributed by atoms with Gasteiger partial charge in [-0.25, -0.2) is 0 Å². The molecule has 0 unspecified atom stereocenters. The summed E-state index contributed by atoms with van der Waals surface area (Å²) in [6, 6.07) is 3.99. The van der Waals surface area contributed by atoms with E-state index in [2.05, 4.69) is 0 Å². The van der Waals surface area contributed by atoms with Gasteiger partial charge in [0.2, 0.25) is 0 Å². The van der Waals surface area contributed by atoms with Crippen molar-refractivity contribution in [2.24, 2.45) is 0 Å². The van der Waals surface area contributed by atoms with Gasteiger partial charge in [-0.1, -0.05) is 6.07 Å². The maximum atomic E-state index is 8.40. The number of hydrogen-bond acceptors (Lipinski definition) is 5. The molecule has 126 valence electrons. The van der Waals surface area contributed by atoms with E-state index >= 15 is 0 Å². The summed E-state index contributed by atoms with van der Waals surface area (Å²) in [4.78, 5) is -0.149. The van der Waals surface area contributed by atoms with Crippen LogP contribution in [0.15, 0.2) is 18.2 Å². The normalized spacial score (nSPS) is 40.6. The first kappa shape index (κ1) is 7.76. The van der Waals surface area contributed by atoms with Crippen LogP contribution >= 0.6 is 0 Å². The summed E-state index contributed by atoms with van der Waals surface area (Å²) in [6.45, 7) is -9.75. The number of anilines is 2. The van der Waals surface area contributed by atoms with Crippen LogP contribution in [0.2, 0.25) is 0 Å². The summed E-state index contributed by atoms with van der Waals surface area (Å²) in [5, 5.41) is 0. The van der Waals surface area contributed by atoms with Crippen LogP contribution in [0.1, 0.15) is 42.8 Å². The van der Waals surface area contributed by atoms with Crippen molar-refractivity contribution in [1.29, 1.82) is 0 Å². The minimum Gasteiger partial charge on any atom is -0.399 e. The predicted molar refractivity (Wildman–Crippen MR) is 96.3 cm³/mol. The number of nitrogens with two attached hydrogens (primary N) is 1. The van der Waals surface area contributed by atoms with Gasteiger partial charge >= 0.3 is 7.12 Å². The Morgan fingerprint density at radius 1 is 1.13 bits per heavy atom. The SMILES string of the molecule is [2H]C([2H])([2H])N1C([2H])([2H])C([2H])([2H])N(c2ccc(B3OC(C)(C)C(C)(C)O3)cc2N)C([2H])([2H])C1([2H])[2H]. The molecule has 0 atom stereocenters. The van der Waals surface area contributed by atoms with Crippen LogP contribution in [-0.2, 0) is 9.31 Å². The zero-order valence-electron chi connectivity index (χ0n) is 24.6. The van der Waals surface area contributed by atoms with Crippen molar-refractivity contribution in [3.05, 3.63) is 18.2 Å². The molecule has 0 saturated carbocycles. The molecule has 0 aliphatic carbocycles. The van der Waals surface area contributed by atoms with Gasteiger partial charge in [0.25, 0.3) is 0 Å². The Morgan fingerprint density at radius 3 is 2.26 bits per heavy atom. The van der Waals surface area contributed by atoms with Crippen molar-refractivity contribution in [3.63, 3.8) is 0 Å². The first-order chi connectivity index (χ1) is 14.9. The lowest BCUT2D eigenvalue weighted by atomic mass is 9.78. The summed E-state index contributed by atoms with van der Waals surface area (Å²) >= 11 is 0. The van der Waals surface area contributed by atoms with E-state index in [0.29, 0.717) is 5.46 Å². The van der Waals surface area contributed by atoms with Crippen molar-refractivity contribution in [2.75, 3.05) is 43.6 Å². The average Bonchev–Trinajstić information content (AvgIpc) is 2.80. The Labute approximate surface area is 155 Å². The molecule has 1 aromatic rings. The summed E-state index contributed by atoms with van der Waals surface area (Å²) in [5.74, 6) is 0. The highest BCUT2D eigenvalue weighted by molar-refractivity contribution is 6.62. The Balaban J connectivity index is 2.13. The molecule has 0 bridgehead atoms. The highest BCUT2D eigenvalue weighted by atomic mass is 16.7. The van der Waals surface area contributed by atoms with Gasteiger partial charge in [-0.15, -0.1) is 0 Å². The number of nitrogen functional groups attached to an aromatic ring is 1. The van der Waals surface area contributed by atoms with Crippen LogP contribution in [0.4, 0.5) is 11.4 Å². The molecule has 2 saturated heterocycles. The number of rotatable bonds is 2. The first-order valence-electron chi connectivity index (χ1n) is 12.8. The lowest BCUT2D eigenvalue weighted by molar-refractivity contribution is 0.00578. The molecule has 2 fully saturated rings. The van der Waals surface area contributed by atoms with Crippen molar-refractivity contribution < 1.29 is 24.4 Å². The number of hydrogen-bond donors (Lipinski definition) is 1. The second kappa shape index (κ2) is 5.69. The molecule has 0 aromatic heterocycles. The maximum absolute atomic E-state index is 8.40. The number of benzene rings is 1. The predicted octanol–water partition coefficient (Wildman–Crippen LogP) is 1.32. The van der Waals surface area contributed by atoms with Crippen LogP contribution in [0.3, 0.4) is 0 Å². The minimum absolute atomic E-state index is 0.200. The smallest absolute Gasteiger partial charge is 0.399 e. The molecule has 6 heteroatoms. The van der Waals surface area contributed by atoms with E-state index in [1.165, 1.54) is 18.2 Å². The third-order valence-corrected chi connectivity index (χ3v) is 4.37. The fraction of sp³-hybridized carbons (Fsp3) is 0.647. The monoisotopic (exact) mass is 328 g/mol. The van der Waals surface area contributed by atoms with E-state index in [0.717, 1.165) is 0 Å². The van der Waals surface area contributed by atoms with Crippen molar-refractivity contribution >= 4 is 24.0 Å². The Hall–Kier alpha value is -1.24. The molecule has 23 heavy (non-hydrogen) atoms. The van der Waals surface area contributed by atoms with Crippen molar-refractivity contribution in [1.82, 2.24) is 4.90 Å². The zero-order valence-corrected chi connectivity index (χ0v) is 13.6. The van der Waals surface area contributed by atoms with E-state index in [4.69, 9.17) is 30.1 Å². The largest absolute Gasteiger partial charge is 0.494 e. The van der Waals surface area contributed by atoms with Gasteiger partial charge < -0.3 is 24.8 Å². The number of likely N-dealkylation sites (N-methyl/N-ethyl adjacent to an activating group) is 1. The molecule has 0 radical (unpaired) electrons. The summed E-state index contributed by atoms with van der Waals surface area (Å²) in [7, 11) is -0.833. The zero-order chi connectivity index (χ0) is 26.5. The Kier molecular flexibility index (Phi) is 1.92. The van der Waals surface area contributed by atoms with Gasteiger partial charge in [-0.2, -0.15) is 0 Å². The number of nitrogens with zero attached hydrogens (tertiary/aromatic N) is 2. The molecule has 0 amide bonds. The van der Waals surface area contributed by atoms with Crippen molar-refractivity contribution in [3.8, 4) is 0 Å². The molecule has 2 aliphatic rings. The molecule has 1 aromatic carbocycles. The fourth-order valence-electron chi connectivity index (χ4n) is 2.28. The summed E-state index contributed by atoms with van der Waals surface area (Å²) in [5.41, 5.74) is 4.71. The molecule has 5 nitrogen and oxygen atoms in total. The topological polar surface area (TPSA) is 51.0 Å². The second-order valence-electron chi connectivity index (χ2n) is 6.52. The van der Waals surface area contributed by atoms with Crippen LogP contribution < -0.4 is 16.1 Å². The first-order valence-corrected chi connectivity index (χ1v) is 7.29.